The van der Waals surface area contributed by atoms with Crippen LogP contribution in [0.2, 0.25) is 0 Å². The predicted octanol–water partition coefficient (Wildman–Crippen LogP) is 1.82. The summed E-state index contributed by atoms with van der Waals surface area (Å²) in [6.45, 7) is 8.40. The van der Waals surface area contributed by atoms with Gasteiger partial charge < -0.3 is 9.84 Å². The minimum atomic E-state index is -0.258. The van der Waals surface area contributed by atoms with Crippen LogP contribution in [0.4, 0.5) is 0 Å². The first kappa shape index (κ1) is 11.5. The molecule has 0 radical (unpaired) electrons. The third kappa shape index (κ3) is 1.44. The van der Waals surface area contributed by atoms with E-state index in [1.807, 2.05) is 27.7 Å². The van der Waals surface area contributed by atoms with E-state index in [-0.39, 0.29) is 29.4 Å². The van der Waals surface area contributed by atoms with Gasteiger partial charge in [0, 0.05) is 5.41 Å². The number of hydrogen-bond acceptors (Lipinski definition) is 3. The number of hydrogen-bond donors (Lipinski definition) is 1. The zero-order chi connectivity index (χ0) is 12.1. The second-order valence-corrected chi connectivity index (χ2v) is 5.50. The van der Waals surface area contributed by atoms with Crippen LogP contribution in [0, 0.1) is 5.41 Å². The van der Waals surface area contributed by atoms with Crippen molar-refractivity contribution in [1.29, 1.82) is 0 Å². The summed E-state index contributed by atoms with van der Waals surface area (Å²) >= 11 is 0. The Morgan fingerprint density at radius 1 is 1.50 bits per heavy atom. The summed E-state index contributed by atoms with van der Waals surface area (Å²) in [5.74, 6) is 0.140. The smallest absolute Gasteiger partial charge is 0.255 e. The molecule has 1 fully saturated rings. The maximum absolute atomic E-state index is 12.1. The lowest BCUT2D eigenvalue weighted by Gasteiger charge is -2.33. The molecule has 0 aromatic carbocycles. The molecular weight excluding hydrogens is 206 g/mol. The van der Waals surface area contributed by atoms with Gasteiger partial charge in [-0.05, 0) is 6.42 Å². The van der Waals surface area contributed by atoms with E-state index in [9.17, 15) is 9.90 Å². The standard InChI is InChI=1S/C12H19NO3/c1-5-7-9(14)8-6-16-11(12(2,3)4)13(8)10(7)15/h8,11,14H,5-6H2,1-4H3/t8-,11-/m1/s1. The molecule has 1 N–H and O–H groups in total. The van der Waals surface area contributed by atoms with Gasteiger partial charge in [-0.25, -0.2) is 0 Å². The second kappa shape index (κ2) is 3.48. The summed E-state index contributed by atoms with van der Waals surface area (Å²) in [6, 6.07) is -0.258. The van der Waals surface area contributed by atoms with Gasteiger partial charge in [0.25, 0.3) is 5.91 Å². The minimum absolute atomic E-state index is 0.0672. The molecule has 1 saturated heterocycles. The van der Waals surface area contributed by atoms with Crippen LogP contribution in [0.25, 0.3) is 0 Å². The van der Waals surface area contributed by atoms with Crippen LogP contribution in [0.1, 0.15) is 34.1 Å². The molecule has 0 spiro atoms. The average Bonchev–Trinajstić information content (AvgIpc) is 2.68. The number of nitrogens with zero attached hydrogens (tertiary/aromatic N) is 1. The summed E-state index contributed by atoms with van der Waals surface area (Å²) in [7, 11) is 0. The van der Waals surface area contributed by atoms with Crippen molar-refractivity contribution in [3.8, 4) is 0 Å². The third-order valence-corrected chi connectivity index (χ3v) is 3.21. The Hall–Kier alpha value is -1.03. The van der Waals surface area contributed by atoms with Crippen LogP contribution < -0.4 is 0 Å². The van der Waals surface area contributed by atoms with Crippen molar-refractivity contribution in [1.82, 2.24) is 4.90 Å². The van der Waals surface area contributed by atoms with Gasteiger partial charge in [-0.15, -0.1) is 0 Å². The van der Waals surface area contributed by atoms with Crippen LogP contribution in [-0.4, -0.2) is 34.8 Å². The molecule has 0 bridgehead atoms. The molecule has 2 rings (SSSR count). The minimum Gasteiger partial charge on any atom is -0.510 e. The van der Waals surface area contributed by atoms with Crippen molar-refractivity contribution < 1.29 is 14.6 Å². The summed E-state index contributed by atoms with van der Waals surface area (Å²) < 4.78 is 5.63. The van der Waals surface area contributed by atoms with E-state index < -0.39 is 0 Å². The SMILES string of the molecule is CCC1=C(O)[C@H]2CO[C@H](C(C)(C)C)N2C1=O. The third-order valence-electron chi connectivity index (χ3n) is 3.21. The Balaban J connectivity index is 2.32. The molecule has 2 atom stereocenters. The number of aliphatic hydroxyl groups excluding tert-OH is 1. The lowest BCUT2D eigenvalue weighted by atomic mass is 9.93. The summed E-state index contributed by atoms with van der Waals surface area (Å²) in [4.78, 5) is 13.8. The number of amides is 1. The van der Waals surface area contributed by atoms with Crippen molar-refractivity contribution in [2.75, 3.05) is 6.61 Å². The average molecular weight is 225 g/mol. The highest BCUT2D eigenvalue weighted by Crippen LogP contribution is 2.39. The fourth-order valence-corrected chi connectivity index (χ4v) is 2.43. The molecule has 1 amide bonds. The predicted molar refractivity (Wildman–Crippen MR) is 59.8 cm³/mol. The lowest BCUT2D eigenvalue weighted by molar-refractivity contribution is -0.137. The summed E-state index contributed by atoms with van der Waals surface area (Å²) in [5, 5.41) is 9.95. The van der Waals surface area contributed by atoms with E-state index in [1.165, 1.54) is 0 Å². The summed E-state index contributed by atoms with van der Waals surface area (Å²) in [5.41, 5.74) is 0.413. The molecule has 0 aromatic heterocycles. The zero-order valence-corrected chi connectivity index (χ0v) is 10.3. The highest BCUT2D eigenvalue weighted by atomic mass is 16.5. The molecule has 4 nitrogen and oxygen atoms in total. The van der Waals surface area contributed by atoms with Gasteiger partial charge in [0.2, 0.25) is 0 Å². The maximum Gasteiger partial charge on any atom is 0.255 e. The molecule has 2 aliphatic heterocycles. The summed E-state index contributed by atoms with van der Waals surface area (Å²) in [6.07, 6.45) is 0.338. The number of aliphatic hydroxyl groups is 1. The van der Waals surface area contributed by atoms with Gasteiger partial charge in [0.15, 0.2) is 0 Å². The first-order chi connectivity index (χ1) is 7.38. The van der Waals surface area contributed by atoms with Crippen molar-refractivity contribution in [3.05, 3.63) is 11.3 Å². The van der Waals surface area contributed by atoms with E-state index in [0.717, 1.165) is 0 Å². The number of fused-ring (bicyclic) bond motifs is 1. The van der Waals surface area contributed by atoms with Gasteiger partial charge in [-0.2, -0.15) is 0 Å². The highest BCUT2D eigenvalue weighted by molar-refractivity contribution is 5.97. The Morgan fingerprint density at radius 3 is 2.62 bits per heavy atom. The van der Waals surface area contributed by atoms with Gasteiger partial charge in [0.1, 0.15) is 18.0 Å². The molecule has 4 heteroatoms. The first-order valence-corrected chi connectivity index (χ1v) is 5.74. The highest BCUT2D eigenvalue weighted by Gasteiger charge is 2.50. The number of ether oxygens (including phenoxy) is 1. The molecule has 0 aliphatic carbocycles. The van der Waals surface area contributed by atoms with E-state index in [1.54, 1.807) is 4.90 Å². The number of carbonyl (C=O) groups is 1. The largest absolute Gasteiger partial charge is 0.510 e. The van der Waals surface area contributed by atoms with E-state index in [4.69, 9.17) is 4.74 Å². The van der Waals surface area contributed by atoms with Gasteiger partial charge in [-0.1, -0.05) is 27.7 Å². The van der Waals surface area contributed by atoms with Crippen LogP contribution in [0.15, 0.2) is 11.3 Å². The normalized spacial score (nSPS) is 30.2. The van der Waals surface area contributed by atoms with Crippen LogP contribution in [-0.2, 0) is 9.53 Å². The lowest BCUT2D eigenvalue weighted by Crippen LogP contribution is -2.44. The monoisotopic (exact) mass is 225 g/mol. The Labute approximate surface area is 95.9 Å². The number of rotatable bonds is 1. The second-order valence-electron chi connectivity index (χ2n) is 5.50. The van der Waals surface area contributed by atoms with Crippen molar-refractivity contribution >= 4 is 5.91 Å². The van der Waals surface area contributed by atoms with Gasteiger partial charge in [0.05, 0.1) is 12.2 Å². The van der Waals surface area contributed by atoms with Crippen molar-refractivity contribution in [3.63, 3.8) is 0 Å². The fraction of sp³-hybridized carbons (Fsp3) is 0.750. The van der Waals surface area contributed by atoms with Crippen LogP contribution in [0.3, 0.4) is 0 Å². The van der Waals surface area contributed by atoms with E-state index in [0.29, 0.717) is 18.6 Å². The molecular formula is C12H19NO3. The molecule has 90 valence electrons. The fourth-order valence-electron chi connectivity index (χ4n) is 2.43. The Bertz CT molecular complexity index is 354. The molecule has 0 aromatic rings. The molecule has 2 aliphatic rings. The van der Waals surface area contributed by atoms with Gasteiger partial charge in [-0.3, -0.25) is 9.69 Å². The van der Waals surface area contributed by atoms with Crippen LogP contribution in [0.5, 0.6) is 0 Å². The Morgan fingerprint density at radius 2 is 2.12 bits per heavy atom. The maximum atomic E-state index is 12.1. The molecule has 0 unspecified atom stereocenters. The van der Waals surface area contributed by atoms with Crippen molar-refractivity contribution in [2.45, 2.75) is 46.4 Å². The zero-order valence-electron chi connectivity index (χ0n) is 10.3. The molecule has 0 saturated carbocycles. The topological polar surface area (TPSA) is 49.8 Å². The number of carbonyl (C=O) groups excluding carboxylic acids is 1. The van der Waals surface area contributed by atoms with Crippen LogP contribution >= 0.6 is 0 Å². The first-order valence-electron chi connectivity index (χ1n) is 5.74. The molecule has 2 heterocycles. The quantitative estimate of drug-likeness (QED) is 0.740. The van der Waals surface area contributed by atoms with E-state index in [2.05, 4.69) is 0 Å². The van der Waals surface area contributed by atoms with E-state index >= 15 is 0 Å². The molecule has 16 heavy (non-hydrogen) atoms. The Kier molecular flexibility index (Phi) is 2.49. The van der Waals surface area contributed by atoms with Crippen molar-refractivity contribution in [2.24, 2.45) is 5.41 Å². The van der Waals surface area contributed by atoms with Gasteiger partial charge >= 0.3 is 0 Å².